The molecule has 0 heterocycles. The molecule has 0 aromatic heterocycles. The van der Waals surface area contributed by atoms with E-state index in [1.807, 2.05) is 0 Å². The average Bonchev–Trinajstić information content (AvgIpc) is 2.19. The third kappa shape index (κ3) is 2.82. The zero-order valence-electron chi connectivity index (χ0n) is 7.07. The number of rotatable bonds is 1. The number of carbonyl (C=O) groups excluding carboxylic acids is 1. The molecule has 0 aliphatic carbocycles. The van der Waals surface area contributed by atoms with Crippen LogP contribution in [0.1, 0.15) is 5.56 Å². The van der Waals surface area contributed by atoms with Crippen LogP contribution in [0, 0.1) is 12.0 Å². The highest BCUT2D eigenvalue weighted by atomic mass is 16.5. The first kappa shape index (κ1) is 9.05. The van der Waals surface area contributed by atoms with E-state index in [2.05, 4.69) is 17.0 Å². The van der Waals surface area contributed by atoms with Gasteiger partial charge in [0.25, 0.3) is 0 Å². The number of aliphatic imine (C=N–C) groups is 1. The van der Waals surface area contributed by atoms with Gasteiger partial charge in [0.1, 0.15) is 5.75 Å². The lowest BCUT2D eigenvalue weighted by Gasteiger charge is -1.96. The number of hydrogen-bond acceptors (Lipinski definition) is 3. The van der Waals surface area contributed by atoms with Crippen molar-refractivity contribution in [2.75, 3.05) is 7.11 Å². The molecule has 0 unspecified atom stereocenters. The number of methoxy groups -OCH3 is 1. The van der Waals surface area contributed by atoms with Crippen LogP contribution in [0.2, 0.25) is 0 Å². The van der Waals surface area contributed by atoms with E-state index in [0.717, 1.165) is 11.3 Å². The molecule has 0 saturated heterocycles. The van der Waals surface area contributed by atoms with Crippen molar-refractivity contribution in [2.24, 2.45) is 4.99 Å². The second kappa shape index (κ2) is 4.76. The van der Waals surface area contributed by atoms with Gasteiger partial charge in [-0.1, -0.05) is 0 Å². The van der Waals surface area contributed by atoms with Gasteiger partial charge in [-0.15, -0.1) is 4.99 Å². The summed E-state index contributed by atoms with van der Waals surface area (Å²) >= 11 is 0. The molecular formula is C10H7NO2. The van der Waals surface area contributed by atoms with Gasteiger partial charge in [-0.25, -0.2) is 4.79 Å². The van der Waals surface area contributed by atoms with Crippen LogP contribution < -0.4 is 4.74 Å². The van der Waals surface area contributed by atoms with Crippen molar-refractivity contribution in [2.45, 2.75) is 0 Å². The third-order valence-electron chi connectivity index (χ3n) is 1.39. The van der Waals surface area contributed by atoms with Crippen LogP contribution in [0.5, 0.6) is 5.75 Å². The van der Waals surface area contributed by atoms with Gasteiger partial charge in [-0.05, 0) is 30.2 Å². The summed E-state index contributed by atoms with van der Waals surface area (Å²) in [6.07, 6.45) is 1.34. The van der Waals surface area contributed by atoms with Crippen molar-refractivity contribution in [1.29, 1.82) is 0 Å². The van der Waals surface area contributed by atoms with E-state index in [4.69, 9.17) is 4.74 Å². The lowest BCUT2D eigenvalue weighted by atomic mass is 10.2. The Morgan fingerprint density at radius 1 is 1.31 bits per heavy atom. The number of ether oxygens (including phenoxy) is 1. The maximum Gasteiger partial charge on any atom is 0.249 e. The van der Waals surface area contributed by atoms with E-state index in [1.165, 1.54) is 6.08 Å². The van der Waals surface area contributed by atoms with E-state index in [-0.39, 0.29) is 0 Å². The normalized spacial score (nSPS) is 7.77. The predicted molar refractivity (Wildman–Crippen MR) is 48.0 cm³/mol. The molecule has 0 atom stereocenters. The smallest absolute Gasteiger partial charge is 0.249 e. The number of isocyanates is 1. The highest BCUT2D eigenvalue weighted by molar-refractivity contribution is 5.41. The highest BCUT2D eigenvalue weighted by Crippen LogP contribution is 2.09. The largest absolute Gasteiger partial charge is 0.497 e. The Morgan fingerprint density at radius 2 is 2.00 bits per heavy atom. The molecule has 0 N–H and O–H groups in total. The molecular weight excluding hydrogens is 166 g/mol. The van der Waals surface area contributed by atoms with Crippen molar-refractivity contribution in [3.05, 3.63) is 29.8 Å². The van der Waals surface area contributed by atoms with Crippen molar-refractivity contribution >= 4 is 6.08 Å². The summed E-state index contributed by atoms with van der Waals surface area (Å²) in [5.74, 6) is 3.43. The van der Waals surface area contributed by atoms with Gasteiger partial charge in [0.05, 0.1) is 13.2 Å². The fourth-order valence-corrected chi connectivity index (χ4v) is 0.790. The molecule has 0 radical (unpaired) electrons. The summed E-state index contributed by atoms with van der Waals surface area (Å²) in [5.41, 5.74) is 0.778. The van der Waals surface area contributed by atoms with Gasteiger partial charge in [0.2, 0.25) is 6.08 Å². The van der Waals surface area contributed by atoms with E-state index >= 15 is 0 Å². The zero-order chi connectivity index (χ0) is 9.52. The average molecular weight is 173 g/mol. The minimum absolute atomic E-state index is 0.768. The number of hydrogen-bond donors (Lipinski definition) is 0. The van der Waals surface area contributed by atoms with Crippen molar-refractivity contribution in [3.63, 3.8) is 0 Å². The van der Waals surface area contributed by atoms with Crippen LogP contribution in [0.4, 0.5) is 0 Å². The van der Waals surface area contributed by atoms with Crippen molar-refractivity contribution < 1.29 is 9.53 Å². The first-order valence-corrected chi connectivity index (χ1v) is 3.59. The first-order valence-electron chi connectivity index (χ1n) is 3.59. The number of benzene rings is 1. The Balaban J connectivity index is 2.82. The fraction of sp³-hybridized carbons (Fsp3) is 0.100. The first-order chi connectivity index (χ1) is 6.36. The molecule has 0 aliphatic heterocycles. The van der Waals surface area contributed by atoms with Gasteiger partial charge < -0.3 is 4.74 Å². The summed E-state index contributed by atoms with van der Waals surface area (Å²) in [5, 5.41) is 0. The molecule has 0 spiro atoms. The molecule has 1 aromatic rings. The Morgan fingerprint density at radius 3 is 2.54 bits per heavy atom. The van der Waals surface area contributed by atoms with Gasteiger partial charge in [-0.2, -0.15) is 0 Å². The summed E-state index contributed by atoms with van der Waals surface area (Å²) in [4.78, 5) is 12.8. The maximum absolute atomic E-state index is 9.68. The zero-order valence-corrected chi connectivity index (χ0v) is 7.07. The van der Waals surface area contributed by atoms with Crippen molar-refractivity contribution in [1.82, 2.24) is 0 Å². The molecule has 0 amide bonds. The maximum atomic E-state index is 9.68. The molecule has 1 aromatic carbocycles. The minimum Gasteiger partial charge on any atom is -0.497 e. The summed E-state index contributed by atoms with van der Waals surface area (Å²) < 4.78 is 4.96. The van der Waals surface area contributed by atoms with Gasteiger partial charge in [-0.3, -0.25) is 0 Å². The number of nitrogens with zero attached hydrogens (tertiary/aromatic N) is 1. The van der Waals surface area contributed by atoms with E-state index in [9.17, 15) is 4.79 Å². The van der Waals surface area contributed by atoms with Crippen LogP contribution in [-0.4, -0.2) is 13.2 Å². The Hall–Kier alpha value is -2.04. The summed E-state index contributed by atoms with van der Waals surface area (Å²) in [6, 6.07) is 9.44. The predicted octanol–water partition coefficient (Wildman–Crippen LogP) is 1.34. The monoisotopic (exact) mass is 173 g/mol. The second-order valence-electron chi connectivity index (χ2n) is 2.17. The molecule has 1 rings (SSSR count). The second-order valence-corrected chi connectivity index (χ2v) is 2.17. The van der Waals surface area contributed by atoms with Crippen LogP contribution in [0.3, 0.4) is 0 Å². The molecule has 0 bridgehead atoms. The molecule has 3 nitrogen and oxygen atoms in total. The Bertz CT molecular complexity index is 378. The summed E-state index contributed by atoms with van der Waals surface area (Å²) in [6.45, 7) is 0. The van der Waals surface area contributed by atoms with E-state index < -0.39 is 0 Å². The van der Waals surface area contributed by atoms with Crippen LogP contribution in [0.15, 0.2) is 29.3 Å². The Labute approximate surface area is 76.1 Å². The quantitative estimate of drug-likeness (QED) is 0.365. The lowest BCUT2D eigenvalue weighted by Crippen LogP contribution is -1.81. The summed E-state index contributed by atoms with van der Waals surface area (Å²) in [7, 11) is 1.59. The molecule has 0 aliphatic rings. The molecule has 0 saturated carbocycles. The van der Waals surface area contributed by atoms with E-state index in [0.29, 0.717) is 0 Å². The topological polar surface area (TPSA) is 38.7 Å². The molecule has 64 valence electrons. The van der Waals surface area contributed by atoms with Gasteiger partial charge in [0.15, 0.2) is 0 Å². The van der Waals surface area contributed by atoms with Gasteiger partial charge in [0, 0.05) is 5.56 Å². The minimum atomic E-state index is 0.768. The van der Waals surface area contributed by atoms with E-state index in [1.54, 1.807) is 31.4 Å². The lowest BCUT2D eigenvalue weighted by molar-refractivity contribution is 0.415. The highest BCUT2D eigenvalue weighted by Gasteiger charge is 1.88. The third-order valence-corrected chi connectivity index (χ3v) is 1.39. The molecule has 0 fully saturated rings. The fourth-order valence-electron chi connectivity index (χ4n) is 0.790. The van der Waals surface area contributed by atoms with Gasteiger partial charge >= 0.3 is 0 Å². The molecule has 13 heavy (non-hydrogen) atoms. The SMILES string of the molecule is COc1ccc(C#CN=C=O)cc1. The Kier molecular flexibility index (Phi) is 3.31. The standard InChI is InChI=1S/C10H7NO2/c1-13-10-4-2-9(3-5-10)6-7-11-8-12/h2-5H,1H3. The van der Waals surface area contributed by atoms with Crippen LogP contribution in [-0.2, 0) is 4.79 Å². The van der Waals surface area contributed by atoms with Crippen LogP contribution in [0.25, 0.3) is 0 Å². The van der Waals surface area contributed by atoms with Crippen LogP contribution >= 0.6 is 0 Å². The van der Waals surface area contributed by atoms with Crippen molar-refractivity contribution in [3.8, 4) is 17.7 Å². The molecule has 3 heteroatoms.